The number of carbonyl (C=O) groups is 1. The van der Waals surface area contributed by atoms with Crippen molar-refractivity contribution >= 4 is 27.3 Å². The number of piperidine rings is 1. The second-order valence-electron chi connectivity index (χ2n) is 6.78. The topological polar surface area (TPSA) is 69.7 Å². The molecule has 0 saturated carbocycles. The number of sulfonamides is 1. The quantitative estimate of drug-likeness (QED) is 0.689. The van der Waals surface area contributed by atoms with Gasteiger partial charge in [0.15, 0.2) is 0 Å². The van der Waals surface area contributed by atoms with Crippen molar-refractivity contribution in [2.45, 2.75) is 37.8 Å². The molecule has 6 nitrogen and oxygen atoms in total. The highest BCUT2D eigenvalue weighted by Crippen LogP contribution is 2.29. The van der Waals surface area contributed by atoms with Crippen LogP contribution in [0.15, 0.2) is 21.7 Å². The Morgan fingerprint density at radius 2 is 2.00 bits per heavy atom. The minimum Gasteiger partial charge on any atom is -0.355 e. The minimum atomic E-state index is -3.37. The number of hydrogen-bond donors (Lipinski definition) is 1. The number of nitrogens with zero attached hydrogens (tertiary/aromatic N) is 2. The summed E-state index contributed by atoms with van der Waals surface area (Å²) in [7, 11) is -3.37. The second kappa shape index (κ2) is 9.82. The van der Waals surface area contributed by atoms with Crippen LogP contribution in [0.1, 0.15) is 33.6 Å². The van der Waals surface area contributed by atoms with Gasteiger partial charge in [-0.2, -0.15) is 4.31 Å². The second-order valence-corrected chi connectivity index (χ2v) is 9.89. The maximum absolute atomic E-state index is 12.6. The molecule has 1 aromatic heterocycles. The molecular weight excluding hydrogens is 370 g/mol. The molecule has 8 heteroatoms. The van der Waals surface area contributed by atoms with Gasteiger partial charge in [-0.25, -0.2) is 8.42 Å². The van der Waals surface area contributed by atoms with Gasteiger partial charge in [-0.15, -0.1) is 11.3 Å². The summed E-state index contributed by atoms with van der Waals surface area (Å²) in [6.07, 6.45) is 1.46. The smallest absolute Gasteiger partial charge is 0.252 e. The van der Waals surface area contributed by atoms with E-state index in [1.807, 2.05) is 6.92 Å². The molecule has 1 N–H and O–H groups in total. The molecule has 0 aromatic carbocycles. The van der Waals surface area contributed by atoms with Gasteiger partial charge < -0.3 is 10.2 Å². The van der Waals surface area contributed by atoms with Crippen LogP contribution in [-0.4, -0.2) is 62.8 Å². The van der Waals surface area contributed by atoms with E-state index in [1.54, 1.807) is 21.8 Å². The van der Waals surface area contributed by atoms with Crippen LogP contribution >= 0.6 is 11.3 Å². The van der Waals surface area contributed by atoms with Crippen molar-refractivity contribution in [3.8, 4) is 0 Å². The molecule has 1 aliphatic heterocycles. The predicted octanol–water partition coefficient (Wildman–Crippen LogP) is 2.24. The van der Waals surface area contributed by atoms with Crippen molar-refractivity contribution in [2.24, 2.45) is 11.8 Å². The molecule has 148 valence electrons. The van der Waals surface area contributed by atoms with Crippen molar-refractivity contribution in [1.82, 2.24) is 14.5 Å². The molecule has 1 aromatic rings. The largest absolute Gasteiger partial charge is 0.355 e. The maximum atomic E-state index is 12.6. The fraction of sp³-hybridized carbons (Fsp3) is 0.722. The summed E-state index contributed by atoms with van der Waals surface area (Å²) in [6, 6.07) is 3.41. The van der Waals surface area contributed by atoms with Crippen LogP contribution in [0.5, 0.6) is 0 Å². The lowest BCUT2D eigenvalue weighted by atomic mass is 9.85. The SMILES string of the molecule is CCN(CC)CCNC(=O)[C@@H](C)C1CCN(S(=O)(=O)c2cccs2)CC1. The Labute approximate surface area is 161 Å². The van der Waals surface area contributed by atoms with Gasteiger partial charge in [-0.05, 0) is 43.3 Å². The molecule has 0 bridgehead atoms. The van der Waals surface area contributed by atoms with Crippen molar-refractivity contribution in [3.63, 3.8) is 0 Å². The molecule has 1 amide bonds. The van der Waals surface area contributed by atoms with Gasteiger partial charge in [0.2, 0.25) is 5.91 Å². The Morgan fingerprint density at radius 3 is 2.54 bits per heavy atom. The Morgan fingerprint density at radius 1 is 1.35 bits per heavy atom. The highest BCUT2D eigenvalue weighted by atomic mass is 32.2. The first-order chi connectivity index (χ1) is 12.4. The molecule has 1 aliphatic rings. The maximum Gasteiger partial charge on any atom is 0.252 e. The lowest BCUT2D eigenvalue weighted by molar-refractivity contribution is -0.126. The fourth-order valence-corrected chi connectivity index (χ4v) is 6.02. The Balaban J connectivity index is 1.80. The number of thiophene rings is 1. The molecule has 1 atom stereocenters. The summed E-state index contributed by atoms with van der Waals surface area (Å²) in [5.74, 6) is 0.230. The highest BCUT2D eigenvalue weighted by molar-refractivity contribution is 7.91. The number of likely N-dealkylation sites (N-methyl/N-ethyl adjacent to an activating group) is 1. The summed E-state index contributed by atoms with van der Waals surface area (Å²) in [6.45, 7) is 10.7. The monoisotopic (exact) mass is 401 g/mol. The van der Waals surface area contributed by atoms with Crippen LogP contribution in [0, 0.1) is 11.8 Å². The molecule has 0 radical (unpaired) electrons. The van der Waals surface area contributed by atoms with E-state index in [-0.39, 0.29) is 17.7 Å². The lowest BCUT2D eigenvalue weighted by Crippen LogP contribution is -2.43. The van der Waals surface area contributed by atoms with Gasteiger partial charge in [-0.3, -0.25) is 4.79 Å². The minimum absolute atomic E-state index is 0.0803. The van der Waals surface area contributed by atoms with E-state index in [2.05, 4.69) is 24.1 Å². The summed E-state index contributed by atoms with van der Waals surface area (Å²) in [5, 5.41) is 4.81. The van der Waals surface area contributed by atoms with Gasteiger partial charge in [-0.1, -0.05) is 26.8 Å². The van der Waals surface area contributed by atoms with Crippen LogP contribution in [0.4, 0.5) is 0 Å². The third-order valence-corrected chi connectivity index (χ3v) is 8.60. The van der Waals surface area contributed by atoms with Gasteiger partial charge >= 0.3 is 0 Å². The number of nitrogens with one attached hydrogen (secondary N) is 1. The van der Waals surface area contributed by atoms with Crippen LogP contribution in [0.3, 0.4) is 0 Å². The van der Waals surface area contributed by atoms with Crippen molar-refractivity contribution in [3.05, 3.63) is 17.5 Å². The Hall–Kier alpha value is -0.960. The molecule has 1 saturated heterocycles. The molecular formula is C18H31N3O3S2. The van der Waals surface area contributed by atoms with Crippen LogP contribution in [0.25, 0.3) is 0 Å². The van der Waals surface area contributed by atoms with Gasteiger partial charge in [0.05, 0.1) is 0 Å². The zero-order chi connectivity index (χ0) is 19.2. The molecule has 2 heterocycles. The zero-order valence-electron chi connectivity index (χ0n) is 16.0. The average Bonchev–Trinajstić information content (AvgIpc) is 3.20. The molecule has 0 aliphatic carbocycles. The third kappa shape index (κ3) is 5.28. The van der Waals surface area contributed by atoms with E-state index in [4.69, 9.17) is 0 Å². The zero-order valence-corrected chi connectivity index (χ0v) is 17.6. The normalized spacial score (nSPS) is 18.2. The molecule has 1 fully saturated rings. The molecule has 2 rings (SSSR count). The van der Waals surface area contributed by atoms with E-state index in [0.717, 1.165) is 32.5 Å². The van der Waals surface area contributed by atoms with Gasteiger partial charge in [0.25, 0.3) is 10.0 Å². The standard InChI is InChI=1S/C18H31N3O3S2/c1-4-20(5-2)13-10-19-18(22)15(3)16-8-11-21(12-9-16)26(23,24)17-7-6-14-25-17/h6-7,14-16H,4-5,8-13H2,1-3H3,(H,19,22)/t15-/m0/s1. The first-order valence-electron chi connectivity index (χ1n) is 9.43. The van der Waals surface area contributed by atoms with Gasteiger partial charge in [0.1, 0.15) is 4.21 Å². The van der Waals surface area contributed by atoms with E-state index >= 15 is 0 Å². The highest BCUT2D eigenvalue weighted by Gasteiger charge is 2.33. The van der Waals surface area contributed by atoms with Crippen molar-refractivity contribution in [2.75, 3.05) is 39.3 Å². The summed E-state index contributed by atoms with van der Waals surface area (Å²) in [4.78, 5) is 14.7. The summed E-state index contributed by atoms with van der Waals surface area (Å²) in [5.41, 5.74) is 0. The van der Waals surface area contributed by atoms with Crippen molar-refractivity contribution in [1.29, 1.82) is 0 Å². The summed E-state index contributed by atoms with van der Waals surface area (Å²) >= 11 is 1.25. The predicted molar refractivity (Wildman–Crippen MR) is 106 cm³/mol. The number of amides is 1. The number of hydrogen-bond acceptors (Lipinski definition) is 5. The average molecular weight is 402 g/mol. The number of carbonyl (C=O) groups excluding carboxylic acids is 1. The van der Waals surface area contributed by atoms with Crippen molar-refractivity contribution < 1.29 is 13.2 Å². The van der Waals surface area contributed by atoms with Crippen LogP contribution in [0.2, 0.25) is 0 Å². The number of rotatable bonds is 9. The molecule has 26 heavy (non-hydrogen) atoms. The molecule has 0 unspecified atom stereocenters. The van der Waals surface area contributed by atoms with E-state index in [0.29, 0.717) is 23.8 Å². The first-order valence-corrected chi connectivity index (χ1v) is 11.8. The van der Waals surface area contributed by atoms with E-state index in [9.17, 15) is 13.2 Å². The Bertz CT molecular complexity index is 649. The lowest BCUT2D eigenvalue weighted by Gasteiger charge is -2.33. The van der Waals surface area contributed by atoms with Crippen LogP contribution < -0.4 is 5.32 Å². The molecule has 0 spiro atoms. The first kappa shape index (κ1) is 21.3. The van der Waals surface area contributed by atoms with E-state index < -0.39 is 10.0 Å². The van der Waals surface area contributed by atoms with E-state index in [1.165, 1.54) is 11.3 Å². The summed E-state index contributed by atoms with van der Waals surface area (Å²) < 4.78 is 27.1. The van der Waals surface area contributed by atoms with Crippen LogP contribution in [-0.2, 0) is 14.8 Å². The third-order valence-electron chi connectivity index (χ3n) is 5.33. The Kier molecular flexibility index (Phi) is 8.06. The fourth-order valence-electron chi connectivity index (χ4n) is 3.41. The van der Waals surface area contributed by atoms with Gasteiger partial charge in [0, 0.05) is 32.1 Å².